The number of benzene rings is 3. The van der Waals surface area contributed by atoms with Gasteiger partial charge in [0.25, 0.3) is 5.91 Å². The summed E-state index contributed by atoms with van der Waals surface area (Å²) < 4.78 is 6.62. The van der Waals surface area contributed by atoms with Gasteiger partial charge in [-0.2, -0.15) is 0 Å². The standard InChI is InChI=1S/C29H32BrClN2O3/c1-4-21(3)32-29(35)26(16-22-10-6-5-7-11-22)33(18-23-12-8-9-20(2)15-23)28(34)19-36-27-14-13-24(30)17-25(27)31/h5-15,17,21,26H,4,16,18-19H2,1-3H3,(H,32,35)/t21-,26-/m1/s1. The molecule has 2 atom stereocenters. The molecule has 3 rings (SSSR count). The molecule has 0 fully saturated rings. The molecule has 0 radical (unpaired) electrons. The van der Waals surface area contributed by atoms with Crippen molar-refractivity contribution in [3.8, 4) is 5.75 Å². The summed E-state index contributed by atoms with van der Waals surface area (Å²) >= 11 is 9.66. The molecule has 2 amide bonds. The number of carbonyl (C=O) groups is 2. The van der Waals surface area contributed by atoms with Gasteiger partial charge in [-0.1, -0.05) is 94.6 Å². The third-order valence-corrected chi connectivity index (χ3v) is 6.74. The first kappa shape index (κ1) is 27.8. The lowest BCUT2D eigenvalue weighted by Gasteiger charge is -2.32. The van der Waals surface area contributed by atoms with Gasteiger partial charge in [0.05, 0.1) is 5.02 Å². The predicted octanol–water partition coefficient (Wildman–Crippen LogP) is 6.34. The van der Waals surface area contributed by atoms with E-state index in [1.807, 2.05) is 75.4 Å². The maximum Gasteiger partial charge on any atom is 0.261 e. The molecule has 0 aliphatic carbocycles. The Bertz CT molecular complexity index is 1170. The maximum absolute atomic E-state index is 13.6. The van der Waals surface area contributed by atoms with Crippen molar-refractivity contribution in [2.24, 2.45) is 0 Å². The van der Waals surface area contributed by atoms with E-state index in [9.17, 15) is 9.59 Å². The van der Waals surface area contributed by atoms with E-state index in [0.29, 0.717) is 17.2 Å². The van der Waals surface area contributed by atoms with Gasteiger partial charge in [-0.25, -0.2) is 0 Å². The van der Waals surface area contributed by atoms with E-state index in [1.54, 1.807) is 23.1 Å². The number of amides is 2. The summed E-state index contributed by atoms with van der Waals surface area (Å²) in [5.74, 6) is -0.0704. The van der Waals surface area contributed by atoms with Crippen molar-refractivity contribution in [1.82, 2.24) is 10.2 Å². The second-order valence-electron chi connectivity index (χ2n) is 8.90. The average Bonchev–Trinajstić information content (AvgIpc) is 2.86. The van der Waals surface area contributed by atoms with Gasteiger partial charge in [0.2, 0.25) is 5.91 Å². The number of halogens is 2. The van der Waals surface area contributed by atoms with Gasteiger partial charge in [-0.05, 0) is 49.6 Å². The lowest BCUT2D eigenvalue weighted by Crippen LogP contribution is -2.53. The van der Waals surface area contributed by atoms with Crippen molar-refractivity contribution in [2.75, 3.05) is 6.61 Å². The van der Waals surface area contributed by atoms with E-state index in [0.717, 1.165) is 27.6 Å². The molecular formula is C29H32BrClN2O3. The minimum atomic E-state index is -0.710. The van der Waals surface area contributed by atoms with Crippen molar-refractivity contribution < 1.29 is 14.3 Å². The number of aryl methyl sites for hydroxylation is 1. The van der Waals surface area contributed by atoms with Crippen LogP contribution in [0.2, 0.25) is 5.02 Å². The molecule has 0 aromatic heterocycles. The van der Waals surface area contributed by atoms with Crippen LogP contribution in [0.3, 0.4) is 0 Å². The van der Waals surface area contributed by atoms with Gasteiger partial charge < -0.3 is 15.0 Å². The first-order chi connectivity index (χ1) is 17.3. The lowest BCUT2D eigenvalue weighted by atomic mass is 10.0. The molecule has 0 heterocycles. The maximum atomic E-state index is 13.6. The summed E-state index contributed by atoms with van der Waals surface area (Å²) in [7, 11) is 0. The predicted molar refractivity (Wildman–Crippen MR) is 148 cm³/mol. The zero-order valence-electron chi connectivity index (χ0n) is 20.8. The molecule has 0 saturated heterocycles. The van der Waals surface area contributed by atoms with Crippen LogP contribution in [0.15, 0.2) is 77.3 Å². The second-order valence-corrected chi connectivity index (χ2v) is 10.2. The van der Waals surface area contributed by atoms with E-state index in [4.69, 9.17) is 16.3 Å². The molecule has 0 bridgehead atoms. The summed E-state index contributed by atoms with van der Waals surface area (Å²) in [5.41, 5.74) is 3.00. The van der Waals surface area contributed by atoms with Crippen molar-refractivity contribution in [1.29, 1.82) is 0 Å². The summed E-state index contributed by atoms with van der Waals surface area (Å²) in [6, 6.07) is 22.2. The number of rotatable bonds is 11. The monoisotopic (exact) mass is 570 g/mol. The molecule has 7 heteroatoms. The van der Waals surface area contributed by atoms with Gasteiger partial charge >= 0.3 is 0 Å². The van der Waals surface area contributed by atoms with E-state index >= 15 is 0 Å². The normalized spacial score (nSPS) is 12.5. The first-order valence-electron chi connectivity index (χ1n) is 12.0. The van der Waals surface area contributed by atoms with Crippen LogP contribution in [0.5, 0.6) is 5.75 Å². The molecule has 3 aromatic rings. The van der Waals surface area contributed by atoms with Gasteiger partial charge in [0.15, 0.2) is 6.61 Å². The van der Waals surface area contributed by atoms with Crippen LogP contribution in [-0.4, -0.2) is 35.4 Å². The number of carbonyl (C=O) groups excluding carboxylic acids is 2. The topological polar surface area (TPSA) is 58.6 Å². The number of hydrogen-bond donors (Lipinski definition) is 1. The van der Waals surface area contributed by atoms with E-state index in [1.165, 1.54) is 0 Å². The van der Waals surface area contributed by atoms with Crippen LogP contribution in [0.25, 0.3) is 0 Å². The number of nitrogens with one attached hydrogen (secondary N) is 1. The quantitative estimate of drug-likeness (QED) is 0.292. The van der Waals surface area contributed by atoms with Crippen LogP contribution in [0, 0.1) is 6.92 Å². The summed E-state index contributed by atoms with van der Waals surface area (Å²) in [6.07, 6.45) is 1.18. The molecular weight excluding hydrogens is 540 g/mol. The molecule has 1 N–H and O–H groups in total. The Kier molecular flexibility index (Phi) is 10.4. The molecule has 0 unspecified atom stereocenters. The zero-order valence-corrected chi connectivity index (χ0v) is 23.2. The Hall–Kier alpha value is -2.83. The van der Waals surface area contributed by atoms with E-state index < -0.39 is 6.04 Å². The third kappa shape index (κ3) is 8.10. The minimum Gasteiger partial charge on any atom is -0.482 e. The number of hydrogen-bond acceptors (Lipinski definition) is 3. The third-order valence-electron chi connectivity index (χ3n) is 5.95. The molecule has 0 aliphatic heterocycles. The van der Waals surface area contributed by atoms with Crippen molar-refractivity contribution >= 4 is 39.3 Å². The van der Waals surface area contributed by atoms with Gasteiger partial charge in [0, 0.05) is 23.5 Å². The van der Waals surface area contributed by atoms with Crippen LogP contribution in [0.1, 0.15) is 37.0 Å². The summed E-state index contributed by atoms with van der Waals surface area (Å²) in [5, 5.41) is 3.47. The molecule has 3 aromatic carbocycles. The van der Waals surface area contributed by atoms with Crippen molar-refractivity contribution in [3.63, 3.8) is 0 Å². The highest BCUT2D eigenvalue weighted by Crippen LogP contribution is 2.28. The number of ether oxygens (including phenoxy) is 1. The Labute approximate surface area is 226 Å². The first-order valence-corrected chi connectivity index (χ1v) is 13.2. The molecule has 0 aliphatic rings. The zero-order chi connectivity index (χ0) is 26.1. The fourth-order valence-corrected chi connectivity index (χ4v) is 4.54. The Morgan fingerprint density at radius 2 is 1.75 bits per heavy atom. The lowest BCUT2D eigenvalue weighted by molar-refractivity contribution is -0.143. The SMILES string of the molecule is CC[C@@H](C)NC(=O)[C@@H](Cc1ccccc1)N(Cc1cccc(C)c1)C(=O)COc1ccc(Br)cc1Cl. The van der Waals surface area contributed by atoms with Crippen LogP contribution in [0.4, 0.5) is 0 Å². The highest BCUT2D eigenvalue weighted by atomic mass is 79.9. The van der Waals surface area contributed by atoms with Gasteiger partial charge in [-0.3, -0.25) is 9.59 Å². The fourth-order valence-electron chi connectivity index (χ4n) is 3.82. The van der Waals surface area contributed by atoms with Crippen LogP contribution >= 0.6 is 27.5 Å². The van der Waals surface area contributed by atoms with E-state index in [-0.39, 0.29) is 31.0 Å². The smallest absolute Gasteiger partial charge is 0.261 e. The molecule has 0 spiro atoms. The highest BCUT2D eigenvalue weighted by Gasteiger charge is 2.31. The molecule has 5 nitrogen and oxygen atoms in total. The molecule has 0 saturated carbocycles. The highest BCUT2D eigenvalue weighted by molar-refractivity contribution is 9.10. The molecule has 36 heavy (non-hydrogen) atoms. The van der Waals surface area contributed by atoms with Crippen LogP contribution < -0.4 is 10.1 Å². The van der Waals surface area contributed by atoms with Gasteiger partial charge in [-0.15, -0.1) is 0 Å². The minimum absolute atomic E-state index is 0.00971. The average molecular weight is 572 g/mol. The Morgan fingerprint density at radius 3 is 2.42 bits per heavy atom. The molecule has 190 valence electrons. The van der Waals surface area contributed by atoms with Gasteiger partial charge in [0.1, 0.15) is 11.8 Å². The van der Waals surface area contributed by atoms with E-state index in [2.05, 4.69) is 21.2 Å². The Morgan fingerprint density at radius 1 is 1.03 bits per heavy atom. The second kappa shape index (κ2) is 13.5. The van der Waals surface area contributed by atoms with Crippen molar-refractivity contribution in [3.05, 3.63) is 99.0 Å². The largest absolute Gasteiger partial charge is 0.482 e. The number of nitrogens with zero attached hydrogens (tertiary/aromatic N) is 1. The van der Waals surface area contributed by atoms with Crippen molar-refractivity contribution in [2.45, 2.75) is 52.2 Å². The van der Waals surface area contributed by atoms with Crippen LogP contribution in [-0.2, 0) is 22.6 Å². The summed E-state index contributed by atoms with van der Waals surface area (Å²) in [6.45, 7) is 6.02. The summed E-state index contributed by atoms with van der Waals surface area (Å²) in [4.78, 5) is 28.8. The fraction of sp³-hybridized carbons (Fsp3) is 0.310. The Balaban J connectivity index is 1.92.